The molecule has 0 aliphatic heterocycles. The summed E-state index contributed by atoms with van der Waals surface area (Å²) in [4.78, 5) is 0. The zero-order valence-corrected chi connectivity index (χ0v) is 13.5. The number of hydrogen-bond donors (Lipinski definition) is 4. The molecule has 0 heterocycles. The SMILES string of the molecule is CNC(=S)N/N=C(\C)CCC/C(C)=N/NC(=S)NC. The molecule has 108 valence electrons. The second-order valence-electron chi connectivity index (χ2n) is 3.93. The lowest BCUT2D eigenvalue weighted by molar-refractivity contribution is 0.875. The van der Waals surface area contributed by atoms with Crippen LogP contribution in [0, 0.1) is 0 Å². The molecule has 0 saturated carbocycles. The summed E-state index contributed by atoms with van der Waals surface area (Å²) in [6.45, 7) is 3.93. The average molecular weight is 302 g/mol. The molecular formula is C11H22N6S2. The summed E-state index contributed by atoms with van der Waals surface area (Å²) in [7, 11) is 3.51. The Morgan fingerprint density at radius 3 is 1.53 bits per heavy atom. The first-order chi connectivity index (χ1) is 8.99. The molecule has 0 unspecified atom stereocenters. The molecule has 0 spiro atoms. The molecule has 0 aliphatic rings. The third-order valence-electron chi connectivity index (χ3n) is 2.23. The maximum Gasteiger partial charge on any atom is 0.186 e. The first kappa shape index (κ1) is 17.7. The zero-order chi connectivity index (χ0) is 14.7. The zero-order valence-electron chi connectivity index (χ0n) is 11.8. The smallest absolute Gasteiger partial charge is 0.186 e. The van der Waals surface area contributed by atoms with E-state index in [1.807, 2.05) is 13.8 Å². The molecule has 0 aliphatic carbocycles. The molecule has 0 amide bonds. The Labute approximate surface area is 125 Å². The molecule has 0 radical (unpaired) electrons. The van der Waals surface area contributed by atoms with E-state index in [-0.39, 0.29) is 0 Å². The highest BCUT2D eigenvalue weighted by Crippen LogP contribution is 1.99. The van der Waals surface area contributed by atoms with Crippen LogP contribution in [0.3, 0.4) is 0 Å². The Morgan fingerprint density at radius 1 is 0.842 bits per heavy atom. The lowest BCUT2D eigenvalue weighted by Gasteiger charge is -2.05. The summed E-state index contributed by atoms with van der Waals surface area (Å²) in [5.74, 6) is 0. The third-order valence-corrected chi connectivity index (χ3v) is 2.82. The highest BCUT2D eigenvalue weighted by molar-refractivity contribution is 7.80. The number of nitrogens with one attached hydrogen (secondary N) is 4. The Morgan fingerprint density at radius 2 is 1.21 bits per heavy atom. The minimum Gasteiger partial charge on any atom is -0.364 e. The van der Waals surface area contributed by atoms with Crippen LogP contribution in [0.15, 0.2) is 10.2 Å². The van der Waals surface area contributed by atoms with Crippen LogP contribution in [-0.2, 0) is 0 Å². The predicted molar refractivity (Wildman–Crippen MR) is 89.7 cm³/mol. The van der Waals surface area contributed by atoms with Crippen LogP contribution in [0.25, 0.3) is 0 Å². The fourth-order valence-electron chi connectivity index (χ4n) is 1.12. The van der Waals surface area contributed by atoms with Gasteiger partial charge in [0.15, 0.2) is 10.2 Å². The van der Waals surface area contributed by atoms with Crippen LogP contribution in [0.1, 0.15) is 33.1 Å². The van der Waals surface area contributed by atoms with Crippen molar-refractivity contribution in [2.75, 3.05) is 14.1 Å². The van der Waals surface area contributed by atoms with Crippen molar-refractivity contribution in [2.24, 2.45) is 10.2 Å². The minimum atomic E-state index is 0.516. The van der Waals surface area contributed by atoms with Gasteiger partial charge in [-0.2, -0.15) is 10.2 Å². The van der Waals surface area contributed by atoms with Crippen molar-refractivity contribution in [1.82, 2.24) is 21.5 Å². The van der Waals surface area contributed by atoms with Crippen molar-refractivity contribution in [1.29, 1.82) is 0 Å². The molecule has 0 bridgehead atoms. The highest BCUT2D eigenvalue weighted by atomic mass is 32.1. The van der Waals surface area contributed by atoms with Crippen LogP contribution >= 0.6 is 24.4 Å². The molecule has 8 heteroatoms. The molecular weight excluding hydrogens is 280 g/mol. The second-order valence-corrected chi connectivity index (χ2v) is 4.75. The molecule has 0 aromatic rings. The van der Waals surface area contributed by atoms with Gasteiger partial charge in [0.25, 0.3) is 0 Å². The van der Waals surface area contributed by atoms with Crippen molar-refractivity contribution < 1.29 is 0 Å². The van der Waals surface area contributed by atoms with Gasteiger partial charge in [-0.3, -0.25) is 10.9 Å². The van der Waals surface area contributed by atoms with Crippen molar-refractivity contribution >= 4 is 46.1 Å². The van der Waals surface area contributed by atoms with E-state index in [0.717, 1.165) is 30.7 Å². The minimum absolute atomic E-state index is 0.516. The van der Waals surface area contributed by atoms with Crippen molar-refractivity contribution in [3.8, 4) is 0 Å². The van der Waals surface area contributed by atoms with Gasteiger partial charge in [0.05, 0.1) is 0 Å². The van der Waals surface area contributed by atoms with E-state index in [9.17, 15) is 0 Å². The summed E-state index contributed by atoms with van der Waals surface area (Å²) >= 11 is 9.85. The molecule has 19 heavy (non-hydrogen) atoms. The van der Waals surface area contributed by atoms with E-state index in [1.54, 1.807) is 14.1 Å². The van der Waals surface area contributed by atoms with E-state index >= 15 is 0 Å². The van der Waals surface area contributed by atoms with Crippen LogP contribution < -0.4 is 21.5 Å². The Balaban J connectivity index is 3.89. The van der Waals surface area contributed by atoms with Crippen LogP contribution in [0.2, 0.25) is 0 Å². The quantitative estimate of drug-likeness (QED) is 0.334. The van der Waals surface area contributed by atoms with Crippen molar-refractivity contribution in [3.05, 3.63) is 0 Å². The standard InChI is InChI=1S/C11H22N6S2/c1-8(14-16-10(18)12-3)6-5-7-9(2)15-17-11(19)13-4/h5-7H2,1-4H3,(H2,12,16,18)(H2,13,17,19)/b14-8+,15-9+. The van der Waals surface area contributed by atoms with Gasteiger partial charge in [-0.05, 0) is 57.5 Å². The second kappa shape index (κ2) is 10.6. The fraction of sp³-hybridized carbons (Fsp3) is 0.636. The first-order valence-electron chi connectivity index (χ1n) is 6.01. The van der Waals surface area contributed by atoms with Crippen LogP contribution in [0.4, 0.5) is 0 Å². The molecule has 0 saturated heterocycles. The summed E-state index contributed by atoms with van der Waals surface area (Å²) in [5.41, 5.74) is 7.52. The van der Waals surface area contributed by atoms with E-state index in [1.165, 1.54) is 0 Å². The Hall–Kier alpha value is -1.28. The lowest BCUT2D eigenvalue weighted by atomic mass is 10.1. The summed E-state index contributed by atoms with van der Waals surface area (Å²) < 4.78 is 0. The number of hydrazone groups is 2. The van der Waals surface area contributed by atoms with Crippen molar-refractivity contribution in [3.63, 3.8) is 0 Å². The fourth-order valence-corrected chi connectivity index (χ4v) is 1.21. The molecule has 0 aromatic heterocycles. The van der Waals surface area contributed by atoms with Gasteiger partial charge in [0.1, 0.15) is 0 Å². The van der Waals surface area contributed by atoms with E-state index in [0.29, 0.717) is 10.2 Å². The topological polar surface area (TPSA) is 72.8 Å². The summed E-state index contributed by atoms with van der Waals surface area (Å²) in [6, 6.07) is 0. The Kier molecular flexibility index (Phi) is 9.91. The van der Waals surface area contributed by atoms with Gasteiger partial charge >= 0.3 is 0 Å². The molecule has 0 atom stereocenters. The monoisotopic (exact) mass is 302 g/mol. The molecule has 6 nitrogen and oxygen atoms in total. The molecule has 0 rings (SSSR count). The third kappa shape index (κ3) is 10.3. The van der Waals surface area contributed by atoms with Gasteiger partial charge in [-0.15, -0.1) is 0 Å². The van der Waals surface area contributed by atoms with Crippen LogP contribution in [0.5, 0.6) is 0 Å². The van der Waals surface area contributed by atoms with Crippen molar-refractivity contribution in [2.45, 2.75) is 33.1 Å². The van der Waals surface area contributed by atoms with E-state index in [4.69, 9.17) is 24.4 Å². The number of thiocarbonyl (C=S) groups is 2. The Bertz CT molecular complexity index is 330. The van der Waals surface area contributed by atoms with Gasteiger partial charge in [-0.25, -0.2) is 0 Å². The summed E-state index contributed by atoms with van der Waals surface area (Å²) in [5, 5.41) is 14.9. The molecule has 0 aromatic carbocycles. The average Bonchev–Trinajstić information content (AvgIpc) is 2.41. The van der Waals surface area contributed by atoms with E-state index < -0.39 is 0 Å². The maximum absolute atomic E-state index is 4.92. The maximum atomic E-state index is 4.92. The van der Waals surface area contributed by atoms with E-state index in [2.05, 4.69) is 31.7 Å². The van der Waals surface area contributed by atoms with Crippen LogP contribution in [-0.4, -0.2) is 35.7 Å². The largest absolute Gasteiger partial charge is 0.364 e. The summed E-state index contributed by atoms with van der Waals surface area (Å²) in [6.07, 6.45) is 2.76. The van der Waals surface area contributed by atoms with Gasteiger partial charge in [0.2, 0.25) is 0 Å². The predicted octanol–water partition coefficient (Wildman–Crippen LogP) is 1.10. The number of nitrogens with zero attached hydrogens (tertiary/aromatic N) is 2. The first-order valence-corrected chi connectivity index (χ1v) is 6.83. The number of rotatable bonds is 6. The number of hydrogen-bond acceptors (Lipinski definition) is 4. The normalized spacial score (nSPS) is 11.8. The lowest BCUT2D eigenvalue weighted by Crippen LogP contribution is -2.29. The van der Waals surface area contributed by atoms with Gasteiger partial charge in [0, 0.05) is 25.5 Å². The molecule has 4 N–H and O–H groups in total. The molecule has 0 fully saturated rings. The van der Waals surface area contributed by atoms with Gasteiger partial charge < -0.3 is 10.6 Å². The highest BCUT2D eigenvalue weighted by Gasteiger charge is 1.97. The van der Waals surface area contributed by atoms with Gasteiger partial charge in [-0.1, -0.05) is 0 Å².